The molecule has 0 spiro atoms. The van der Waals surface area contributed by atoms with Crippen molar-refractivity contribution in [3.63, 3.8) is 0 Å². The summed E-state index contributed by atoms with van der Waals surface area (Å²) in [4.78, 5) is 12.0. The van der Waals surface area contributed by atoms with Gasteiger partial charge in [-0.05, 0) is 19.1 Å². The van der Waals surface area contributed by atoms with E-state index in [0.717, 1.165) is 5.75 Å². The average Bonchev–Trinajstić information content (AvgIpc) is 2.52. The Kier molecular flexibility index (Phi) is 5.33. The Morgan fingerprint density at radius 1 is 0.950 bits per heavy atom. The van der Waals surface area contributed by atoms with E-state index in [1.165, 1.54) is 0 Å². The number of carbonyl (C=O) groups is 1. The zero-order valence-electron chi connectivity index (χ0n) is 11.5. The normalized spacial score (nSPS) is 11.8. The van der Waals surface area contributed by atoms with Crippen molar-refractivity contribution in [3.05, 3.63) is 66.2 Å². The summed E-state index contributed by atoms with van der Waals surface area (Å²) in [7, 11) is 0. The number of benzene rings is 2. The summed E-state index contributed by atoms with van der Waals surface area (Å²) in [5.74, 6) is 0.795. The van der Waals surface area contributed by atoms with E-state index in [0.29, 0.717) is 18.8 Å². The molecule has 0 saturated carbocycles. The van der Waals surface area contributed by atoms with Gasteiger partial charge >= 0.3 is 0 Å². The number of carbonyl (C=O) groups excluding carboxylic acids is 1. The third-order valence-electron chi connectivity index (χ3n) is 2.89. The number of ketones is 1. The molecule has 3 heteroatoms. The van der Waals surface area contributed by atoms with Crippen molar-refractivity contribution in [2.75, 3.05) is 13.2 Å². The predicted octanol–water partition coefficient (Wildman–Crippen LogP) is 3.35. The molecular formula is C17H18O3. The minimum Gasteiger partial charge on any atom is -0.491 e. The van der Waals surface area contributed by atoms with Crippen LogP contribution in [0.5, 0.6) is 5.75 Å². The maximum absolute atomic E-state index is 12.0. The molecule has 2 aromatic carbocycles. The van der Waals surface area contributed by atoms with Crippen LogP contribution in [0.1, 0.15) is 17.3 Å². The lowest BCUT2D eigenvalue weighted by molar-refractivity contribution is 0.0372. The molecule has 0 heterocycles. The van der Waals surface area contributed by atoms with Gasteiger partial charge in [0.2, 0.25) is 0 Å². The van der Waals surface area contributed by atoms with Gasteiger partial charge in [-0.2, -0.15) is 0 Å². The largest absolute Gasteiger partial charge is 0.491 e. The van der Waals surface area contributed by atoms with Gasteiger partial charge in [0.25, 0.3) is 0 Å². The third-order valence-corrected chi connectivity index (χ3v) is 2.89. The molecule has 0 aliphatic rings. The minimum absolute atomic E-state index is 0.00897. The molecule has 0 aliphatic carbocycles. The molecule has 0 aromatic heterocycles. The Morgan fingerprint density at radius 3 is 2.20 bits per heavy atom. The topological polar surface area (TPSA) is 35.5 Å². The average molecular weight is 270 g/mol. The molecule has 1 atom stereocenters. The van der Waals surface area contributed by atoms with Crippen LogP contribution in [0.15, 0.2) is 60.7 Å². The first kappa shape index (κ1) is 14.3. The highest BCUT2D eigenvalue weighted by Crippen LogP contribution is 2.09. The van der Waals surface area contributed by atoms with Crippen LogP contribution in [0.3, 0.4) is 0 Å². The summed E-state index contributed by atoms with van der Waals surface area (Å²) in [5, 5.41) is 0. The van der Waals surface area contributed by atoms with Crippen LogP contribution in [0.4, 0.5) is 0 Å². The van der Waals surface area contributed by atoms with Crippen LogP contribution in [0.25, 0.3) is 0 Å². The fraction of sp³-hybridized carbons (Fsp3) is 0.235. The number of rotatable bonds is 7. The van der Waals surface area contributed by atoms with Gasteiger partial charge in [0, 0.05) is 5.56 Å². The highest BCUT2D eigenvalue weighted by molar-refractivity contribution is 5.99. The third kappa shape index (κ3) is 4.21. The lowest BCUT2D eigenvalue weighted by Crippen LogP contribution is -2.23. The molecule has 0 N–H and O–H groups in total. The van der Waals surface area contributed by atoms with Crippen molar-refractivity contribution in [2.24, 2.45) is 0 Å². The van der Waals surface area contributed by atoms with Crippen molar-refractivity contribution in [3.8, 4) is 5.75 Å². The van der Waals surface area contributed by atoms with Gasteiger partial charge in [-0.15, -0.1) is 0 Å². The molecule has 0 amide bonds. The maximum Gasteiger partial charge on any atom is 0.191 e. The van der Waals surface area contributed by atoms with E-state index >= 15 is 0 Å². The minimum atomic E-state index is -0.461. The summed E-state index contributed by atoms with van der Waals surface area (Å²) >= 11 is 0. The molecular weight excluding hydrogens is 252 g/mol. The Labute approximate surface area is 119 Å². The summed E-state index contributed by atoms with van der Waals surface area (Å²) in [6, 6.07) is 18.7. The Balaban J connectivity index is 1.73. The maximum atomic E-state index is 12.0. The molecule has 2 rings (SSSR count). The van der Waals surface area contributed by atoms with Gasteiger partial charge in [0.05, 0.1) is 6.61 Å². The first-order chi connectivity index (χ1) is 9.77. The Morgan fingerprint density at radius 2 is 1.55 bits per heavy atom. The molecule has 20 heavy (non-hydrogen) atoms. The van der Waals surface area contributed by atoms with E-state index in [1.54, 1.807) is 19.1 Å². The highest BCUT2D eigenvalue weighted by Gasteiger charge is 2.14. The quantitative estimate of drug-likeness (QED) is 0.571. The second-order valence-corrected chi connectivity index (χ2v) is 4.40. The number of Topliss-reactive ketones (excluding diaryl/α,β-unsaturated/α-hetero) is 1. The van der Waals surface area contributed by atoms with Gasteiger partial charge < -0.3 is 9.47 Å². The zero-order chi connectivity index (χ0) is 14.2. The molecule has 1 unspecified atom stereocenters. The zero-order valence-corrected chi connectivity index (χ0v) is 11.5. The molecule has 0 saturated heterocycles. The van der Waals surface area contributed by atoms with Crippen molar-refractivity contribution in [1.82, 2.24) is 0 Å². The molecule has 104 valence electrons. The van der Waals surface area contributed by atoms with Gasteiger partial charge in [-0.1, -0.05) is 48.5 Å². The fourth-order valence-corrected chi connectivity index (χ4v) is 1.81. The molecule has 0 fully saturated rings. The lowest BCUT2D eigenvalue weighted by Gasteiger charge is -2.12. The Bertz CT molecular complexity index is 522. The van der Waals surface area contributed by atoms with Crippen molar-refractivity contribution in [1.29, 1.82) is 0 Å². The van der Waals surface area contributed by atoms with Gasteiger partial charge in [-0.3, -0.25) is 4.79 Å². The van der Waals surface area contributed by atoms with E-state index in [1.807, 2.05) is 48.5 Å². The Hall–Kier alpha value is -2.13. The first-order valence-corrected chi connectivity index (χ1v) is 6.66. The fourth-order valence-electron chi connectivity index (χ4n) is 1.81. The molecule has 3 nitrogen and oxygen atoms in total. The van der Waals surface area contributed by atoms with E-state index < -0.39 is 6.10 Å². The smallest absolute Gasteiger partial charge is 0.191 e. The molecule has 0 radical (unpaired) electrons. The summed E-state index contributed by atoms with van der Waals surface area (Å²) < 4.78 is 11.0. The molecule has 0 bridgehead atoms. The number of hydrogen-bond donors (Lipinski definition) is 0. The van der Waals surface area contributed by atoms with Crippen LogP contribution in [0.2, 0.25) is 0 Å². The number of ether oxygens (including phenoxy) is 2. The van der Waals surface area contributed by atoms with Crippen LogP contribution < -0.4 is 4.74 Å². The number of para-hydroxylation sites is 1. The SMILES string of the molecule is CC(OCCOc1ccccc1)C(=O)c1ccccc1. The summed E-state index contributed by atoms with van der Waals surface area (Å²) in [6.07, 6.45) is -0.461. The summed E-state index contributed by atoms with van der Waals surface area (Å²) in [6.45, 7) is 2.57. The van der Waals surface area contributed by atoms with E-state index in [2.05, 4.69) is 0 Å². The van der Waals surface area contributed by atoms with Crippen molar-refractivity contribution in [2.45, 2.75) is 13.0 Å². The van der Waals surface area contributed by atoms with Crippen molar-refractivity contribution >= 4 is 5.78 Å². The van der Waals surface area contributed by atoms with Gasteiger partial charge in [0.15, 0.2) is 5.78 Å². The first-order valence-electron chi connectivity index (χ1n) is 6.66. The van der Waals surface area contributed by atoms with Crippen LogP contribution in [-0.4, -0.2) is 25.1 Å². The standard InChI is InChI=1S/C17H18O3/c1-14(17(18)15-8-4-2-5-9-15)19-12-13-20-16-10-6-3-7-11-16/h2-11,14H,12-13H2,1H3. The van der Waals surface area contributed by atoms with Crippen LogP contribution in [-0.2, 0) is 4.74 Å². The molecule has 2 aromatic rings. The second kappa shape index (κ2) is 7.46. The van der Waals surface area contributed by atoms with Crippen molar-refractivity contribution < 1.29 is 14.3 Å². The van der Waals surface area contributed by atoms with E-state index in [9.17, 15) is 4.79 Å². The predicted molar refractivity (Wildman–Crippen MR) is 78.1 cm³/mol. The second-order valence-electron chi connectivity index (χ2n) is 4.40. The van der Waals surface area contributed by atoms with Crippen LogP contribution in [0, 0.1) is 0 Å². The summed E-state index contributed by atoms with van der Waals surface area (Å²) in [5.41, 5.74) is 0.670. The van der Waals surface area contributed by atoms with E-state index in [4.69, 9.17) is 9.47 Å². The van der Waals surface area contributed by atoms with Gasteiger partial charge in [-0.25, -0.2) is 0 Å². The molecule has 0 aliphatic heterocycles. The van der Waals surface area contributed by atoms with Crippen LogP contribution >= 0.6 is 0 Å². The lowest BCUT2D eigenvalue weighted by atomic mass is 10.1. The van der Waals surface area contributed by atoms with E-state index in [-0.39, 0.29) is 5.78 Å². The monoisotopic (exact) mass is 270 g/mol. The number of hydrogen-bond acceptors (Lipinski definition) is 3. The highest BCUT2D eigenvalue weighted by atomic mass is 16.5. The van der Waals surface area contributed by atoms with Gasteiger partial charge in [0.1, 0.15) is 18.5 Å².